The first-order valence-corrected chi connectivity index (χ1v) is 9.79. The molecule has 2 aliphatic rings. The van der Waals surface area contributed by atoms with Crippen molar-refractivity contribution in [3.8, 4) is 0 Å². The molecule has 1 aliphatic carbocycles. The zero-order chi connectivity index (χ0) is 18.4. The van der Waals surface area contributed by atoms with E-state index in [1.165, 1.54) is 16.6 Å². The van der Waals surface area contributed by atoms with E-state index in [-0.39, 0.29) is 11.3 Å². The van der Waals surface area contributed by atoms with Gasteiger partial charge in [-0.3, -0.25) is 4.79 Å². The van der Waals surface area contributed by atoms with Gasteiger partial charge < -0.3 is 9.47 Å². The Bertz CT molecular complexity index is 1020. The first-order valence-electron chi connectivity index (χ1n) is 9.79. The minimum Gasteiger partial charge on any atom is -0.340 e. The Hall–Kier alpha value is -2.69. The van der Waals surface area contributed by atoms with E-state index >= 15 is 0 Å². The molecule has 1 atom stereocenters. The third-order valence-corrected chi connectivity index (χ3v) is 6.28. The standard InChI is InChI=1S/C22H24N4O/c1-16-23-13-18-7-10-22(21(18)24-16)9-4-11-26(15-22)20(27)14-25-12-8-17-5-2-3-6-19(17)25/h2-3,5-6,8,12-13H,4,7,9-11,14-15H2,1H3. The number of aryl methyl sites for hydroxylation is 2. The quantitative estimate of drug-likeness (QED) is 0.705. The summed E-state index contributed by atoms with van der Waals surface area (Å²) in [5.41, 5.74) is 3.60. The number of hydrogen-bond donors (Lipinski definition) is 0. The zero-order valence-corrected chi connectivity index (χ0v) is 15.7. The highest BCUT2D eigenvalue weighted by Crippen LogP contribution is 2.43. The van der Waals surface area contributed by atoms with Crippen LogP contribution in [0.25, 0.3) is 10.9 Å². The van der Waals surface area contributed by atoms with Gasteiger partial charge in [0.15, 0.2) is 0 Å². The number of fused-ring (bicyclic) bond motifs is 3. The van der Waals surface area contributed by atoms with Crippen molar-refractivity contribution < 1.29 is 4.79 Å². The molecule has 5 heteroatoms. The number of amides is 1. The Kier molecular flexibility index (Phi) is 3.78. The highest BCUT2D eigenvalue weighted by molar-refractivity contribution is 5.83. The molecule has 3 heterocycles. The molecular weight excluding hydrogens is 336 g/mol. The van der Waals surface area contributed by atoms with E-state index in [0.29, 0.717) is 6.54 Å². The Balaban J connectivity index is 1.39. The second-order valence-corrected chi connectivity index (χ2v) is 7.99. The van der Waals surface area contributed by atoms with Gasteiger partial charge in [0.05, 0.1) is 5.69 Å². The summed E-state index contributed by atoms with van der Waals surface area (Å²) in [4.78, 5) is 24.3. The smallest absolute Gasteiger partial charge is 0.242 e. The predicted molar refractivity (Wildman–Crippen MR) is 105 cm³/mol. The molecule has 1 saturated heterocycles. The first kappa shape index (κ1) is 16.5. The summed E-state index contributed by atoms with van der Waals surface area (Å²) in [6, 6.07) is 10.3. The van der Waals surface area contributed by atoms with Crippen LogP contribution in [0.4, 0.5) is 0 Å². The van der Waals surface area contributed by atoms with Crippen molar-refractivity contribution in [3.63, 3.8) is 0 Å². The number of benzene rings is 1. The fourth-order valence-corrected chi connectivity index (χ4v) is 4.90. The number of piperidine rings is 1. The molecule has 1 fully saturated rings. The third-order valence-electron chi connectivity index (χ3n) is 6.28. The molecule has 138 valence electrons. The second kappa shape index (κ2) is 6.19. The van der Waals surface area contributed by atoms with Crippen molar-refractivity contribution in [1.82, 2.24) is 19.4 Å². The van der Waals surface area contributed by atoms with Gasteiger partial charge in [-0.05, 0) is 55.7 Å². The molecule has 2 aromatic heterocycles. The summed E-state index contributed by atoms with van der Waals surface area (Å²) >= 11 is 0. The molecule has 1 aromatic carbocycles. The normalized spacial score (nSPS) is 21.7. The van der Waals surface area contributed by atoms with Crippen molar-refractivity contribution in [2.24, 2.45) is 0 Å². The van der Waals surface area contributed by atoms with Crippen LogP contribution in [-0.4, -0.2) is 38.4 Å². The van der Waals surface area contributed by atoms with Crippen LogP contribution < -0.4 is 0 Å². The summed E-state index contributed by atoms with van der Waals surface area (Å²) in [5, 5.41) is 1.18. The van der Waals surface area contributed by atoms with Crippen LogP contribution >= 0.6 is 0 Å². The maximum absolute atomic E-state index is 13.1. The highest BCUT2D eigenvalue weighted by Gasteiger charge is 2.44. The number of rotatable bonds is 2. The average Bonchev–Trinajstić information content (AvgIpc) is 3.24. The van der Waals surface area contributed by atoms with Gasteiger partial charge in [0.1, 0.15) is 12.4 Å². The van der Waals surface area contributed by atoms with Gasteiger partial charge in [-0.1, -0.05) is 18.2 Å². The molecule has 0 N–H and O–H groups in total. The van der Waals surface area contributed by atoms with Crippen LogP contribution in [0.15, 0.2) is 42.7 Å². The summed E-state index contributed by atoms with van der Waals surface area (Å²) in [6.07, 6.45) is 8.27. The summed E-state index contributed by atoms with van der Waals surface area (Å²) < 4.78 is 2.06. The van der Waals surface area contributed by atoms with Gasteiger partial charge in [0.2, 0.25) is 5.91 Å². The number of para-hydroxylation sites is 1. The molecule has 5 nitrogen and oxygen atoms in total. The van der Waals surface area contributed by atoms with Crippen LogP contribution in [0, 0.1) is 6.92 Å². The average molecular weight is 360 g/mol. The molecule has 1 aliphatic heterocycles. The van der Waals surface area contributed by atoms with Crippen LogP contribution in [0.5, 0.6) is 0 Å². The number of carbonyl (C=O) groups is 1. The van der Waals surface area contributed by atoms with E-state index in [2.05, 4.69) is 32.7 Å². The van der Waals surface area contributed by atoms with Gasteiger partial charge in [-0.15, -0.1) is 0 Å². The third kappa shape index (κ3) is 2.73. The summed E-state index contributed by atoms with van der Waals surface area (Å²) in [7, 11) is 0. The largest absolute Gasteiger partial charge is 0.340 e. The number of hydrogen-bond acceptors (Lipinski definition) is 3. The molecule has 0 radical (unpaired) electrons. The topological polar surface area (TPSA) is 51.0 Å². The predicted octanol–water partition coefficient (Wildman–Crippen LogP) is 3.25. The molecule has 3 aromatic rings. The fourth-order valence-electron chi connectivity index (χ4n) is 4.90. The van der Waals surface area contributed by atoms with Crippen molar-refractivity contribution in [1.29, 1.82) is 0 Å². The molecule has 0 bridgehead atoms. The number of aromatic nitrogens is 3. The number of likely N-dealkylation sites (tertiary alicyclic amines) is 1. The SMILES string of the molecule is Cc1ncc2c(n1)C1(CCCN(C(=O)Cn3ccc4ccccc43)C1)CC2. The van der Waals surface area contributed by atoms with Gasteiger partial charge in [0.25, 0.3) is 0 Å². The fraction of sp³-hybridized carbons (Fsp3) is 0.409. The Morgan fingerprint density at radius 2 is 2.11 bits per heavy atom. The molecule has 5 rings (SSSR count). The van der Waals surface area contributed by atoms with E-state index < -0.39 is 0 Å². The maximum Gasteiger partial charge on any atom is 0.242 e. The lowest BCUT2D eigenvalue weighted by Gasteiger charge is -2.40. The molecule has 1 spiro atoms. The van der Waals surface area contributed by atoms with Crippen LogP contribution in [-0.2, 0) is 23.2 Å². The van der Waals surface area contributed by atoms with E-state index in [1.54, 1.807) is 0 Å². The summed E-state index contributed by atoms with van der Waals surface area (Å²) in [5.74, 6) is 1.03. The van der Waals surface area contributed by atoms with Crippen LogP contribution in [0.1, 0.15) is 36.3 Å². The Morgan fingerprint density at radius 1 is 1.22 bits per heavy atom. The van der Waals surface area contributed by atoms with Crippen molar-refractivity contribution >= 4 is 16.8 Å². The maximum atomic E-state index is 13.1. The monoisotopic (exact) mass is 360 g/mol. The van der Waals surface area contributed by atoms with Gasteiger partial charge in [-0.25, -0.2) is 9.97 Å². The van der Waals surface area contributed by atoms with Gasteiger partial charge >= 0.3 is 0 Å². The van der Waals surface area contributed by atoms with Crippen LogP contribution in [0.3, 0.4) is 0 Å². The minimum absolute atomic E-state index is 0.0235. The van der Waals surface area contributed by atoms with Gasteiger partial charge in [-0.2, -0.15) is 0 Å². The lowest BCUT2D eigenvalue weighted by Crippen LogP contribution is -2.48. The lowest BCUT2D eigenvalue weighted by molar-refractivity contribution is -0.134. The van der Waals surface area contributed by atoms with E-state index in [9.17, 15) is 4.79 Å². The molecular formula is C22H24N4O. The number of carbonyl (C=O) groups excluding carboxylic acids is 1. The molecule has 0 saturated carbocycles. The highest BCUT2D eigenvalue weighted by atomic mass is 16.2. The number of nitrogens with zero attached hydrogens (tertiary/aromatic N) is 4. The van der Waals surface area contributed by atoms with E-state index in [0.717, 1.165) is 50.1 Å². The van der Waals surface area contributed by atoms with Gasteiger partial charge in [0, 0.05) is 36.4 Å². The minimum atomic E-state index is 0.0235. The van der Waals surface area contributed by atoms with Crippen LogP contribution in [0.2, 0.25) is 0 Å². The summed E-state index contributed by atoms with van der Waals surface area (Å²) in [6.45, 7) is 3.99. The zero-order valence-electron chi connectivity index (χ0n) is 15.7. The van der Waals surface area contributed by atoms with E-state index in [4.69, 9.17) is 4.98 Å². The second-order valence-electron chi connectivity index (χ2n) is 7.99. The first-order chi connectivity index (χ1) is 13.1. The van der Waals surface area contributed by atoms with Crippen molar-refractivity contribution in [2.45, 2.75) is 44.6 Å². The van der Waals surface area contributed by atoms with Crippen molar-refractivity contribution in [3.05, 3.63) is 59.8 Å². The Labute approximate surface area is 159 Å². The molecule has 1 unspecified atom stereocenters. The molecule has 1 amide bonds. The lowest BCUT2D eigenvalue weighted by atomic mass is 9.77. The Morgan fingerprint density at radius 3 is 3.04 bits per heavy atom. The van der Waals surface area contributed by atoms with Crippen molar-refractivity contribution in [2.75, 3.05) is 13.1 Å². The van der Waals surface area contributed by atoms with E-state index in [1.807, 2.05) is 31.5 Å². The molecule has 27 heavy (non-hydrogen) atoms.